The van der Waals surface area contributed by atoms with E-state index in [0.29, 0.717) is 35.2 Å². The third-order valence-corrected chi connectivity index (χ3v) is 3.15. The van der Waals surface area contributed by atoms with Crippen LogP contribution >= 0.6 is 23.2 Å². The fourth-order valence-corrected chi connectivity index (χ4v) is 2.15. The van der Waals surface area contributed by atoms with E-state index in [1.807, 2.05) is 11.9 Å². The number of amides is 1. The Labute approximate surface area is 123 Å². The first-order valence-corrected chi connectivity index (χ1v) is 6.76. The summed E-state index contributed by atoms with van der Waals surface area (Å²) in [6, 6.07) is 5.06. The van der Waals surface area contributed by atoms with Crippen LogP contribution in [0.2, 0.25) is 10.0 Å². The number of likely N-dealkylation sites (N-methyl/N-ethyl adjacent to an activating group) is 1. The van der Waals surface area contributed by atoms with E-state index in [-0.39, 0.29) is 5.91 Å². The highest BCUT2D eigenvalue weighted by Gasteiger charge is 2.11. The summed E-state index contributed by atoms with van der Waals surface area (Å²) in [7, 11) is 1.85. The van der Waals surface area contributed by atoms with Crippen LogP contribution in [0.4, 0.5) is 5.69 Å². The molecule has 0 saturated heterocycles. The van der Waals surface area contributed by atoms with Crippen molar-refractivity contribution in [3.63, 3.8) is 0 Å². The Hall–Kier alpha value is -0.810. The Morgan fingerprint density at radius 2 is 2.00 bits per heavy atom. The van der Waals surface area contributed by atoms with Crippen molar-refractivity contribution in [1.29, 1.82) is 0 Å². The number of nitrogens with one attached hydrogen (secondary N) is 1. The van der Waals surface area contributed by atoms with Gasteiger partial charge in [0.15, 0.2) is 0 Å². The number of carbonyl (C=O) groups excluding carboxylic acids is 1. The van der Waals surface area contributed by atoms with Crippen molar-refractivity contribution in [2.24, 2.45) is 0 Å². The van der Waals surface area contributed by atoms with Gasteiger partial charge in [-0.05, 0) is 26.1 Å². The molecule has 1 rings (SSSR count). The summed E-state index contributed by atoms with van der Waals surface area (Å²) in [5.74, 6) is -0.160. The van der Waals surface area contributed by atoms with Gasteiger partial charge < -0.3 is 15.3 Å². The van der Waals surface area contributed by atoms with E-state index in [1.165, 1.54) is 0 Å². The molecule has 1 aromatic carbocycles. The molecule has 2 N–H and O–H groups in total. The number of hydrogen-bond donors (Lipinski definition) is 2. The van der Waals surface area contributed by atoms with E-state index < -0.39 is 6.10 Å². The van der Waals surface area contributed by atoms with Gasteiger partial charge in [-0.3, -0.25) is 4.79 Å². The van der Waals surface area contributed by atoms with Gasteiger partial charge in [-0.1, -0.05) is 29.3 Å². The number of aliphatic hydroxyl groups is 1. The fraction of sp³-hybridized carbons (Fsp3) is 0.462. The minimum Gasteiger partial charge on any atom is -0.392 e. The number of halogens is 2. The maximum Gasteiger partial charge on any atom is 0.225 e. The van der Waals surface area contributed by atoms with Gasteiger partial charge >= 0.3 is 0 Å². The van der Waals surface area contributed by atoms with E-state index >= 15 is 0 Å². The molecular formula is C13H18Cl2N2O2. The second kappa shape index (κ2) is 7.70. The maximum absolute atomic E-state index is 11.8. The highest BCUT2D eigenvalue weighted by atomic mass is 35.5. The third kappa shape index (κ3) is 5.78. The minimum atomic E-state index is -0.411. The molecule has 0 radical (unpaired) electrons. The first kappa shape index (κ1) is 16.2. The topological polar surface area (TPSA) is 52.6 Å². The van der Waals surface area contributed by atoms with E-state index in [0.717, 1.165) is 0 Å². The van der Waals surface area contributed by atoms with Gasteiger partial charge in [0.2, 0.25) is 5.91 Å². The Kier molecular flexibility index (Phi) is 6.58. The first-order valence-electron chi connectivity index (χ1n) is 6.00. The van der Waals surface area contributed by atoms with Crippen molar-refractivity contribution in [3.05, 3.63) is 28.2 Å². The van der Waals surface area contributed by atoms with Crippen LogP contribution in [0.5, 0.6) is 0 Å². The van der Waals surface area contributed by atoms with Crippen LogP contribution in [0.15, 0.2) is 18.2 Å². The van der Waals surface area contributed by atoms with Crippen molar-refractivity contribution in [2.45, 2.75) is 19.4 Å². The normalized spacial score (nSPS) is 12.5. The predicted molar refractivity (Wildman–Crippen MR) is 78.9 cm³/mol. The SMILES string of the molecule is CC(O)CN(C)CCC(=O)Nc1c(Cl)cccc1Cl. The molecule has 0 aromatic heterocycles. The molecule has 0 aliphatic rings. The zero-order valence-corrected chi connectivity index (χ0v) is 12.5. The molecule has 0 saturated carbocycles. The smallest absolute Gasteiger partial charge is 0.225 e. The molecule has 4 nitrogen and oxygen atoms in total. The summed E-state index contributed by atoms with van der Waals surface area (Å²) in [6.07, 6.45) is -0.101. The summed E-state index contributed by atoms with van der Waals surface area (Å²) >= 11 is 11.9. The van der Waals surface area contributed by atoms with Crippen molar-refractivity contribution in [3.8, 4) is 0 Å². The second-order valence-corrected chi connectivity index (χ2v) is 5.32. The molecule has 6 heteroatoms. The lowest BCUT2D eigenvalue weighted by Gasteiger charge is -2.18. The zero-order valence-electron chi connectivity index (χ0n) is 11.0. The Morgan fingerprint density at radius 1 is 1.42 bits per heavy atom. The van der Waals surface area contributed by atoms with Crippen molar-refractivity contribution in [2.75, 3.05) is 25.5 Å². The van der Waals surface area contributed by atoms with Crippen LogP contribution in [0.25, 0.3) is 0 Å². The highest BCUT2D eigenvalue weighted by Crippen LogP contribution is 2.29. The van der Waals surface area contributed by atoms with E-state index in [9.17, 15) is 9.90 Å². The minimum absolute atomic E-state index is 0.160. The first-order chi connectivity index (χ1) is 8.90. The molecule has 1 aromatic rings. The number of nitrogens with zero attached hydrogens (tertiary/aromatic N) is 1. The summed E-state index contributed by atoms with van der Waals surface area (Å²) in [6.45, 7) is 2.79. The molecule has 1 unspecified atom stereocenters. The van der Waals surface area contributed by atoms with E-state index in [4.69, 9.17) is 23.2 Å². The molecule has 0 aliphatic heterocycles. The van der Waals surface area contributed by atoms with Crippen molar-refractivity contribution in [1.82, 2.24) is 4.90 Å². The number of para-hydroxylation sites is 1. The van der Waals surface area contributed by atoms with Crippen LogP contribution < -0.4 is 5.32 Å². The lowest BCUT2D eigenvalue weighted by atomic mass is 10.3. The largest absolute Gasteiger partial charge is 0.392 e. The standard InChI is InChI=1S/C13H18Cl2N2O2/c1-9(18)8-17(2)7-6-12(19)16-13-10(14)4-3-5-11(13)15/h3-5,9,18H,6-8H2,1-2H3,(H,16,19). The monoisotopic (exact) mass is 304 g/mol. The van der Waals surface area contributed by atoms with Crippen LogP contribution in [0.1, 0.15) is 13.3 Å². The Bertz CT molecular complexity index is 418. The molecule has 0 spiro atoms. The Balaban J connectivity index is 2.48. The number of anilines is 1. The average Bonchev–Trinajstić information content (AvgIpc) is 2.30. The second-order valence-electron chi connectivity index (χ2n) is 4.51. The van der Waals surface area contributed by atoms with Crippen LogP contribution in [-0.4, -0.2) is 42.2 Å². The van der Waals surface area contributed by atoms with Gasteiger partial charge in [0.05, 0.1) is 21.8 Å². The fourth-order valence-electron chi connectivity index (χ4n) is 1.65. The van der Waals surface area contributed by atoms with Crippen LogP contribution in [0, 0.1) is 0 Å². The average molecular weight is 305 g/mol. The predicted octanol–water partition coefficient (Wildman–Crippen LogP) is 2.63. The van der Waals surface area contributed by atoms with Crippen molar-refractivity contribution >= 4 is 34.8 Å². The molecule has 19 heavy (non-hydrogen) atoms. The number of aliphatic hydroxyl groups excluding tert-OH is 1. The summed E-state index contributed by atoms with van der Waals surface area (Å²) in [5.41, 5.74) is 0.439. The zero-order chi connectivity index (χ0) is 14.4. The van der Waals surface area contributed by atoms with Gasteiger partial charge in [-0.15, -0.1) is 0 Å². The summed E-state index contributed by atoms with van der Waals surface area (Å²) in [4.78, 5) is 13.7. The molecule has 0 bridgehead atoms. The molecule has 1 atom stereocenters. The molecule has 0 aliphatic carbocycles. The lowest BCUT2D eigenvalue weighted by Crippen LogP contribution is -2.30. The number of carbonyl (C=O) groups is 1. The molecule has 0 heterocycles. The van der Waals surface area contributed by atoms with Crippen molar-refractivity contribution < 1.29 is 9.90 Å². The molecule has 0 fully saturated rings. The molecule has 1 amide bonds. The third-order valence-electron chi connectivity index (χ3n) is 2.52. The summed E-state index contributed by atoms with van der Waals surface area (Å²) in [5, 5.41) is 12.7. The van der Waals surface area contributed by atoms with Gasteiger partial charge in [-0.2, -0.15) is 0 Å². The molecule has 106 valence electrons. The summed E-state index contributed by atoms with van der Waals surface area (Å²) < 4.78 is 0. The highest BCUT2D eigenvalue weighted by molar-refractivity contribution is 6.39. The quantitative estimate of drug-likeness (QED) is 0.849. The number of hydrogen-bond acceptors (Lipinski definition) is 3. The lowest BCUT2D eigenvalue weighted by molar-refractivity contribution is -0.116. The maximum atomic E-state index is 11.8. The van der Waals surface area contributed by atoms with E-state index in [1.54, 1.807) is 25.1 Å². The Morgan fingerprint density at radius 3 is 2.53 bits per heavy atom. The number of benzene rings is 1. The van der Waals surface area contributed by atoms with Gasteiger partial charge in [0.25, 0.3) is 0 Å². The molecular weight excluding hydrogens is 287 g/mol. The van der Waals surface area contributed by atoms with Gasteiger partial charge in [-0.25, -0.2) is 0 Å². The van der Waals surface area contributed by atoms with Crippen LogP contribution in [-0.2, 0) is 4.79 Å². The van der Waals surface area contributed by atoms with E-state index in [2.05, 4.69) is 5.32 Å². The number of rotatable bonds is 6. The van der Waals surface area contributed by atoms with Crippen LogP contribution in [0.3, 0.4) is 0 Å². The van der Waals surface area contributed by atoms with Gasteiger partial charge in [0, 0.05) is 19.5 Å². The van der Waals surface area contributed by atoms with Gasteiger partial charge in [0.1, 0.15) is 0 Å².